The summed E-state index contributed by atoms with van der Waals surface area (Å²) in [5, 5.41) is 0. The van der Waals surface area contributed by atoms with Crippen LogP contribution in [0.3, 0.4) is 0 Å². The molecule has 7 atom stereocenters. The lowest BCUT2D eigenvalue weighted by atomic mass is 9.58. The van der Waals surface area contributed by atoms with Gasteiger partial charge in [0.2, 0.25) is 12.1 Å². The van der Waals surface area contributed by atoms with Crippen LogP contribution in [0.25, 0.3) is 0 Å². The Morgan fingerprint density at radius 2 is 1.95 bits per heavy atom. The largest absolute Gasteiger partial charge is 0.448 e. The van der Waals surface area contributed by atoms with E-state index in [1.54, 1.807) is 0 Å². The fourth-order valence-corrected chi connectivity index (χ4v) is 5.11. The van der Waals surface area contributed by atoms with Crippen LogP contribution in [0.2, 0.25) is 0 Å². The van der Waals surface area contributed by atoms with Crippen molar-refractivity contribution < 1.29 is 19.2 Å². The van der Waals surface area contributed by atoms with Gasteiger partial charge in [-0.05, 0) is 39.0 Å². The molecular formula is C17H27NO4. The molecule has 5 aliphatic rings. The van der Waals surface area contributed by atoms with Crippen molar-refractivity contribution in [2.75, 3.05) is 6.54 Å². The topological polar surface area (TPSA) is 49.3 Å². The first-order valence-electron chi connectivity index (χ1n) is 8.76. The minimum absolute atomic E-state index is 0.251. The third kappa shape index (κ3) is 1.85. The Bertz CT molecular complexity index is 495. The maximum absolute atomic E-state index is 6.25. The Labute approximate surface area is 132 Å². The van der Waals surface area contributed by atoms with Crippen LogP contribution in [0.5, 0.6) is 0 Å². The van der Waals surface area contributed by atoms with Gasteiger partial charge in [-0.25, -0.2) is 9.78 Å². The van der Waals surface area contributed by atoms with Crippen molar-refractivity contribution in [1.29, 1.82) is 0 Å². The molecule has 22 heavy (non-hydrogen) atoms. The Kier molecular flexibility index (Phi) is 3.34. The molecule has 4 aliphatic heterocycles. The summed E-state index contributed by atoms with van der Waals surface area (Å²) in [7, 11) is 0. The third-order valence-electron chi connectivity index (χ3n) is 6.31. The molecule has 1 aliphatic carbocycles. The first-order chi connectivity index (χ1) is 10.5. The number of fused-ring (bicyclic) bond motifs is 2. The SMILES string of the molecule is CCN=C1OC2OC3(C)CCC4C(C)CCC(C1C)C24OO3. The van der Waals surface area contributed by atoms with Crippen molar-refractivity contribution in [1.82, 2.24) is 0 Å². The van der Waals surface area contributed by atoms with Gasteiger partial charge in [0.25, 0.3) is 0 Å². The van der Waals surface area contributed by atoms with Crippen molar-refractivity contribution >= 4 is 5.90 Å². The standard InChI is InChI=1S/C17H27NO4/c1-5-18-14-11(3)13-7-6-10(2)12-8-9-16(4)20-15(19-14)17(12,13)22-21-16/h10-13,15H,5-9H2,1-4H3. The van der Waals surface area contributed by atoms with E-state index < -0.39 is 17.7 Å². The van der Waals surface area contributed by atoms with E-state index in [1.807, 2.05) is 13.8 Å². The number of hydrogen-bond acceptors (Lipinski definition) is 5. The Balaban J connectivity index is 1.80. The van der Waals surface area contributed by atoms with E-state index in [9.17, 15) is 0 Å². The summed E-state index contributed by atoms with van der Waals surface area (Å²) in [5.41, 5.74) is -0.472. The molecule has 0 radical (unpaired) electrons. The molecule has 4 heterocycles. The van der Waals surface area contributed by atoms with Gasteiger partial charge in [0.1, 0.15) is 0 Å². The molecule has 2 bridgehead atoms. The summed E-state index contributed by atoms with van der Waals surface area (Å²) in [4.78, 5) is 16.4. The van der Waals surface area contributed by atoms with Crippen LogP contribution in [0.1, 0.15) is 53.4 Å². The minimum Gasteiger partial charge on any atom is -0.448 e. The van der Waals surface area contributed by atoms with E-state index in [0.717, 1.165) is 31.7 Å². The summed E-state index contributed by atoms with van der Waals surface area (Å²) in [6.07, 6.45) is 3.87. The van der Waals surface area contributed by atoms with Crippen LogP contribution in [-0.2, 0) is 19.2 Å². The lowest BCUT2D eigenvalue weighted by molar-refractivity contribution is -0.557. The molecule has 0 aromatic rings. The maximum atomic E-state index is 6.25. The Hall–Kier alpha value is -0.650. The first-order valence-corrected chi connectivity index (χ1v) is 8.76. The maximum Gasteiger partial charge on any atom is 0.237 e. The highest BCUT2D eigenvalue weighted by molar-refractivity contribution is 5.80. The van der Waals surface area contributed by atoms with Gasteiger partial charge in [-0.1, -0.05) is 13.8 Å². The summed E-state index contributed by atoms with van der Waals surface area (Å²) >= 11 is 0. The predicted octanol–water partition coefficient (Wildman–Crippen LogP) is 3.29. The van der Waals surface area contributed by atoms with Crippen LogP contribution in [0, 0.1) is 23.7 Å². The highest BCUT2D eigenvalue weighted by atomic mass is 17.3. The van der Waals surface area contributed by atoms with E-state index in [2.05, 4.69) is 18.8 Å². The zero-order chi connectivity index (χ0) is 15.5. The molecule has 4 saturated heterocycles. The quantitative estimate of drug-likeness (QED) is 0.697. The smallest absolute Gasteiger partial charge is 0.237 e. The zero-order valence-corrected chi connectivity index (χ0v) is 14.0. The van der Waals surface area contributed by atoms with Crippen molar-refractivity contribution in [2.24, 2.45) is 28.7 Å². The lowest BCUT2D eigenvalue weighted by Crippen LogP contribution is -2.69. The van der Waals surface area contributed by atoms with E-state index in [1.165, 1.54) is 6.42 Å². The summed E-state index contributed by atoms with van der Waals surface area (Å²) in [6.45, 7) is 9.27. The van der Waals surface area contributed by atoms with Crippen LogP contribution in [0.15, 0.2) is 4.99 Å². The van der Waals surface area contributed by atoms with Crippen LogP contribution >= 0.6 is 0 Å². The molecule has 0 aromatic heterocycles. The van der Waals surface area contributed by atoms with Gasteiger partial charge in [-0.3, -0.25) is 4.99 Å². The third-order valence-corrected chi connectivity index (χ3v) is 6.31. The number of hydrogen-bond donors (Lipinski definition) is 0. The molecule has 5 rings (SSSR count). The molecule has 0 N–H and O–H groups in total. The Morgan fingerprint density at radius 1 is 1.14 bits per heavy atom. The fourth-order valence-electron chi connectivity index (χ4n) is 5.11. The Morgan fingerprint density at radius 3 is 2.73 bits per heavy atom. The second kappa shape index (κ2) is 4.92. The van der Waals surface area contributed by atoms with Crippen molar-refractivity contribution in [3.8, 4) is 0 Å². The van der Waals surface area contributed by atoms with E-state index in [-0.39, 0.29) is 5.92 Å². The summed E-state index contributed by atoms with van der Waals surface area (Å²) < 4.78 is 12.5. The number of ether oxygens (including phenoxy) is 2. The second-order valence-corrected chi connectivity index (χ2v) is 7.63. The molecule has 1 saturated carbocycles. The zero-order valence-electron chi connectivity index (χ0n) is 14.0. The van der Waals surface area contributed by atoms with Crippen molar-refractivity contribution in [2.45, 2.75) is 71.1 Å². The number of rotatable bonds is 1. The van der Waals surface area contributed by atoms with E-state index >= 15 is 0 Å². The summed E-state index contributed by atoms with van der Waals surface area (Å²) in [6, 6.07) is 0. The average Bonchev–Trinajstić information content (AvgIpc) is 2.71. The molecule has 0 aromatic carbocycles. The number of aliphatic imine (C=N–C) groups is 1. The van der Waals surface area contributed by atoms with E-state index in [0.29, 0.717) is 17.8 Å². The second-order valence-electron chi connectivity index (χ2n) is 7.63. The molecule has 0 amide bonds. The number of nitrogens with zero attached hydrogens (tertiary/aromatic N) is 1. The first kappa shape index (κ1) is 14.9. The molecule has 7 unspecified atom stereocenters. The van der Waals surface area contributed by atoms with Gasteiger partial charge in [0, 0.05) is 30.7 Å². The highest BCUT2D eigenvalue weighted by Crippen LogP contribution is 2.59. The normalized spacial score (nSPS) is 55.5. The van der Waals surface area contributed by atoms with Gasteiger partial charge >= 0.3 is 0 Å². The molecule has 5 heteroatoms. The van der Waals surface area contributed by atoms with Crippen LogP contribution in [0.4, 0.5) is 0 Å². The molecule has 1 spiro atoms. The van der Waals surface area contributed by atoms with Gasteiger partial charge in [0.15, 0.2) is 11.5 Å². The molecule has 124 valence electrons. The lowest BCUT2D eigenvalue weighted by Gasteiger charge is -2.58. The highest BCUT2D eigenvalue weighted by Gasteiger charge is 2.69. The molecule has 5 fully saturated rings. The van der Waals surface area contributed by atoms with Crippen molar-refractivity contribution in [3.63, 3.8) is 0 Å². The monoisotopic (exact) mass is 309 g/mol. The summed E-state index contributed by atoms with van der Waals surface area (Å²) in [5.74, 6) is 1.76. The van der Waals surface area contributed by atoms with Gasteiger partial charge in [-0.15, -0.1) is 0 Å². The molecule has 5 nitrogen and oxygen atoms in total. The van der Waals surface area contributed by atoms with E-state index in [4.69, 9.17) is 19.2 Å². The van der Waals surface area contributed by atoms with Crippen LogP contribution < -0.4 is 0 Å². The van der Waals surface area contributed by atoms with Gasteiger partial charge in [0.05, 0.1) is 0 Å². The van der Waals surface area contributed by atoms with Gasteiger partial charge in [-0.2, -0.15) is 0 Å². The predicted molar refractivity (Wildman–Crippen MR) is 81.0 cm³/mol. The molecular weight excluding hydrogens is 282 g/mol. The van der Waals surface area contributed by atoms with Gasteiger partial charge < -0.3 is 9.47 Å². The minimum atomic E-state index is -0.699. The average molecular weight is 309 g/mol. The van der Waals surface area contributed by atoms with Crippen LogP contribution in [-0.4, -0.2) is 30.1 Å². The fraction of sp³-hybridized carbons (Fsp3) is 0.941. The van der Waals surface area contributed by atoms with Crippen molar-refractivity contribution in [3.05, 3.63) is 0 Å².